The highest BCUT2D eigenvalue weighted by molar-refractivity contribution is 5.96. The van der Waals surface area contributed by atoms with Crippen molar-refractivity contribution in [2.75, 3.05) is 13.2 Å². The van der Waals surface area contributed by atoms with Gasteiger partial charge in [0.05, 0.1) is 13.2 Å². The SMILES string of the molecule is CC(C)c1ccc(C(=O)CCC2OCCCO2)cc1. The molecule has 19 heavy (non-hydrogen) atoms. The maximum atomic E-state index is 12.1. The largest absolute Gasteiger partial charge is 0.353 e. The van der Waals surface area contributed by atoms with E-state index < -0.39 is 0 Å². The molecule has 104 valence electrons. The monoisotopic (exact) mass is 262 g/mol. The van der Waals surface area contributed by atoms with Crippen molar-refractivity contribution in [3.8, 4) is 0 Å². The summed E-state index contributed by atoms with van der Waals surface area (Å²) in [5, 5.41) is 0. The Kier molecular flexibility index (Phi) is 5.11. The number of hydrogen-bond acceptors (Lipinski definition) is 3. The number of Topliss-reactive ketones (excluding diaryl/α,β-unsaturated/α-hetero) is 1. The molecule has 3 nitrogen and oxygen atoms in total. The summed E-state index contributed by atoms with van der Waals surface area (Å²) in [6.07, 6.45) is 1.87. The second kappa shape index (κ2) is 6.83. The summed E-state index contributed by atoms with van der Waals surface area (Å²) in [7, 11) is 0. The average molecular weight is 262 g/mol. The Bertz CT molecular complexity index is 403. The van der Waals surface area contributed by atoms with Crippen LogP contribution < -0.4 is 0 Å². The fraction of sp³-hybridized carbons (Fsp3) is 0.562. The second-order valence-corrected chi connectivity index (χ2v) is 5.26. The van der Waals surface area contributed by atoms with E-state index in [4.69, 9.17) is 9.47 Å². The lowest BCUT2D eigenvalue weighted by molar-refractivity contribution is -0.180. The van der Waals surface area contributed by atoms with E-state index in [0.717, 1.165) is 25.2 Å². The summed E-state index contributed by atoms with van der Waals surface area (Å²) in [5.41, 5.74) is 2.04. The molecular formula is C16H22O3. The molecule has 0 amide bonds. The molecule has 0 saturated carbocycles. The van der Waals surface area contributed by atoms with E-state index >= 15 is 0 Å². The summed E-state index contributed by atoms with van der Waals surface area (Å²) in [5.74, 6) is 0.654. The van der Waals surface area contributed by atoms with Crippen LogP contribution in [0.4, 0.5) is 0 Å². The molecule has 0 N–H and O–H groups in total. The van der Waals surface area contributed by atoms with Crippen molar-refractivity contribution in [1.29, 1.82) is 0 Å². The number of hydrogen-bond donors (Lipinski definition) is 0. The number of ketones is 1. The van der Waals surface area contributed by atoms with E-state index in [1.165, 1.54) is 5.56 Å². The normalized spacial score (nSPS) is 16.8. The van der Waals surface area contributed by atoms with Crippen molar-refractivity contribution in [3.63, 3.8) is 0 Å². The van der Waals surface area contributed by atoms with Crippen molar-refractivity contribution in [2.24, 2.45) is 0 Å². The van der Waals surface area contributed by atoms with Gasteiger partial charge in [0.1, 0.15) is 0 Å². The quantitative estimate of drug-likeness (QED) is 0.761. The molecule has 1 saturated heterocycles. The van der Waals surface area contributed by atoms with Gasteiger partial charge in [0.25, 0.3) is 0 Å². The predicted octanol–water partition coefficient (Wildman–Crippen LogP) is 3.54. The van der Waals surface area contributed by atoms with Crippen molar-refractivity contribution < 1.29 is 14.3 Å². The van der Waals surface area contributed by atoms with Crippen LogP contribution in [0.2, 0.25) is 0 Å². The zero-order valence-corrected chi connectivity index (χ0v) is 11.7. The van der Waals surface area contributed by atoms with Gasteiger partial charge in [-0.05, 0) is 17.9 Å². The van der Waals surface area contributed by atoms with Crippen LogP contribution in [0.1, 0.15) is 54.9 Å². The molecule has 2 rings (SSSR count). The maximum Gasteiger partial charge on any atom is 0.163 e. The van der Waals surface area contributed by atoms with E-state index in [9.17, 15) is 4.79 Å². The molecule has 0 atom stereocenters. The maximum absolute atomic E-state index is 12.1. The van der Waals surface area contributed by atoms with Crippen molar-refractivity contribution in [1.82, 2.24) is 0 Å². The molecule has 0 radical (unpaired) electrons. The molecule has 3 heteroatoms. The summed E-state index contributed by atoms with van der Waals surface area (Å²) < 4.78 is 10.9. The molecule has 1 aromatic carbocycles. The zero-order valence-electron chi connectivity index (χ0n) is 11.7. The number of carbonyl (C=O) groups excluding carboxylic acids is 1. The Morgan fingerprint density at radius 3 is 2.42 bits per heavy atom. The number of ether oxygens (including phenoxy) is 2. The Labute approximate surface area is 114 Å². The third-order valence-electron chi connectivity index (χ3n) is 3.40. The van der Waals surface area contributed by atoms with Gasteiger partial charge in [-0.15, -0.1) is 0 Å². The van der Waals surface area contributed by atoms with E-state index in [0.29, 0.717) is 18.8 Å². The summed E-state index contributed by atoms with van der Waals surface area (Å²) in [6, 6.07) is 7.90. The van der Waals surface area contributed by atoms with Gasteiger partial charge in [-0.2, -0.15) is 0 Å². The van der Waals surface area contributed by atoms with Crippen molar-refractivity contribution in [3.05, 3.63) is 35.4 Å². The fourth-order valence-corrected chi connectivity index (χ4v) is 2.15. The summed E-state index contributed by atoms with van der Waals surface area (Å²) in [4.78, 5) is 12.1. The Balaban J connectivity index is 1.85. The highest BCUT2D eigenvalue weighted by Crippen LogP contribution is 2.17. The molecule has 0 bridgehead atoms. The molecule has 1 aliphatic heterocycles. The smallest absolute Gasteiger partial charge is 0.163 e. The Morgan fingerprint density at radius 1 is 1.21 bits per heavy atom. The third kappa shape index (κ3) is 4.15. The minimum Gasteiger partial charge on any atom is -0.353 e. The summed E-state index contributed by atoms with van der Waals surface area (Å²) >= 11 is 0. The first kappa shape index (κ1) is 14.2. The topological polar surface area (TPSA) is 35.5 Å². The van der Waals surface area contributed by atoms with Gasteiger partial charge in [-0.1, -0.05) is 38.1 Å². The van der Waals surface area contributed by atoms with Gasteiger partial charge >= 0.3 is 0 Å². The van der Waals surface area contributed by atoms with Crippen LogP contribution in [0.25, 0.3) is 0 Å². The fourth-order valence-electron chi connectivity index (χ4n) is 2.15. The molecule has 1 heterocycles. The molecular weight excluding hydrogens is 240 g/mol. The van der Waals surface area contributed by atoms with Gasteiger partial charge in [0, 0.05) is 18.4 Å². The number of carbonyl (C=O) groups is 1. The van der Waals surface area contributed by atoms with Crippen LogP contribution in [-0.2, 0) is 9.47 Å². The van der Waals surface area contributed by atoms with Crippen LogP contribution in [0, 0.1) is 0 Å². The lowest BCUT2D eigenvalue weighted by Crippen LogP contribution is -2.25. The van der Waals surface area contributed by atoms with Crippen LogP contribution in [0.5, 0.6) is 0 Å². The second-order valence-electron chi connectivity index (χ2n) is 5.26. The highest BCUT2D eigenvalue weighted by atomic mass is 16.7. The molecule has 1 aromatic rings. The summed E-state index contributed by atoms with van der Waals surface area (Å²) in [6.45, 7) is 5.77. The minimum absolute atomic E-state index is 0.160. The van der Waals surface area contributed by atoms with Crippen LogP contribution in [0.3, 0.4) is 0 Å². The standard InChI is InChI=1S/C16H22O3/c1-12(2)13-4-6-14(7-5-13)15(17)8-9-16-18-10-3-11-19-16/h4-7,12,16H,3,8-11H2,1-2H3. The van der Waals surface area contributed by atoms with E-state index in [-0.39, 0.29) is 12.1 Å². The lowest BCUT2D eigenvalue weighted by atomic mass is 9.99. The average Bonchev–Trinajstić information content (AvgIpc) is 2.46. The van der Waals surface area contributed by atoms with Crippen molar-refractivity contribution in [2.45, 2.75) is 45.3 Å². The van der Waals surface area contributed by atoms with Crippen molar-refractivity contribution >= 4 is 5.78 Å². The van der Waals surface area contributed by atoms with Gasteiger partial charge < -0.3 is 9.47 Å². The van der Waals surface area contributed by atoms with Gasteiger partial charge in [-0.25, -0.2) is 0 Å². The van der Waals surface area contributed by atoms with E-state index in [2.05, 4.69) is 13.8 Å². The molecule has 0 aromatic heterocycles. The number of benzene rings is 1. The zero-order chi connectivity index (χ0) is 13.7. The van der Waals surface area contributed by atoms with Gasteiger partial charge in [-0.3, -0.25) is 4.79 Å². The Hall–Kier alpha value is -1.19. The molecule has 0 aliphatic carbocycles. The van der Waals surface area contributed by atoms with Gasteiger partial charge in [0.15, 0.2) is 12.1 Å². The molecule has 1 fully saturated rings. The van der Waals surface area contributed by atoms with Crippen LogP contribution in [-0.4, -0.2) is 25.3 Å². The van der Waals surface area contributed by atoms with Crippen LogP contribution in [0.15, 0.2) is 24.3 Å². The van der Waals surface area contributed by atoms with Crippen LogP contribution >= 0.6 is 0 Å². The van der Waals surface area contributed by atoms with E-state index in [1.54, 1.807) is 0 Å². The Morgan fingerprint density at radius 2 is 1.84 bits per heavy atom. The highest BCUT2D eigenvalue weighted by Gasteiger charge is 2.16. The molecule has 0 unspecified atom stereocenters. The number of rotatable bonds is 5. The first-order chi connectivity index (χ1) is 9.16. The first-order valence-electron chi connectivity index (χ1n) is 7.03. The van der Waals surface area contributed by atoms with Gasteiger partial charge in [0.2, 0.25) is 0 Å². The lowest BCUT2D eigenvalue weighted by Gasteiger charge is -2.22. The minimum atomic E-state index is -0.201. The third-order valence-corrected chi connectivity index (χ3v) is 3.40. The molecule has 0 spiro atoms. The first-order valence-corrected chi connectivity index (χ1v) is 7.03. The van der Waals surface area contributed by atoms with E-state index in [1.807, 2.05) is 24.3 Å². The molecule has 1 aliphatic rings. The predicted molar refractivity (Wildman–Crippen MR) is 74.4 cm³/mol.